The van der Waals surface area contributed by atoms with Crippen molar-refractivity contribution in [3.8, 4) is 5.75 Å². The predicted molar refractivity (Wildman–Crippen MR) is 77.8 cm³/mol. The Kier molecular flexibility index (Phi) is 5.91. The zero-order valence-corrected chi connectivity index (χ0v) is 12.8. The van der Waals surface area contributed by atoms with E-state index in [9.17, 15) is 4.79 Å². The van der Waals surface area contributed by atoms with Gasteiger partial charge in [0.15, 0.2) is 6.61 Å². The van der Waals surface area contributed by atoms with Crippen LogP contribution in [0.25, 0.3) is 0 Å². The van der Waals surface area contributed by atoms with Gasteiger partial charge in [0, 0.05) is 30.2 Å². The maximum atomic E-state index is 11.8. The number of hydrogen-bond acceptors (Lipinski definition) is 3. The first kappa shape index (κ1) is 16.1. The fourth-order valence-electron chi connectivity index (χ4n) is 1.45. The van der Waals surface area contributed by atoms with E-state index < -0.39 is 0 Å². The van der Waals surface area contributed by atoms with Crippen LogP contribution in [0.4, 0.5) is 0 Å². The summed E-state index contributed by atoms with van der Waals surface area (Å²) in [6.07, 6.45) is 0. The van der Waals surface area contributed by atoms with Crippen LogP contribution in [0.1, 0.15) is 19.4 Å². The van der Waals surface area contributed by atoms with E-state index in [0.29, 0.717) is 21.4 Å². The summed E-state index contributed by atoms with van der Waals surface area (Å²) in [6.45, 7) is 4.02. The average Bonchev–Trinajstić information content (AvgIpc) is 2.35. The van der Waals surface area contributed by atoms with Crippen LogP contribution >= 0.6 is 23.2 Å². The molecule has 0 radical (unpaired) electrons. The molecule has 0 bridgehead atoms. The molecular weight excluding hydrogens is 287 g/mol. The molecule has 106 valence electrons. The van der Waals surface area contributed by atoms with E-state index in [1.54, 1.807) is 24.1 Å². The Morgan fingerprint density at radius 3 is 2.58 bits per heavy atom. The lowest BCUT2D eigenvalue weighted by molar-refractivity contribution is -0.133. The van der Waals surface area contributed by atoms with Crippen LogP contribution in [0.15, 0.2) is 12.1 Å². The number of hydrogen-bond donors (Lipinski definition) is 1. The number of halogens is 2. The van der Waals surface area contributed by atoms with E-state index >= 15 is 0 Å². The van der Waals surface area contributed by atoms with E-state index in [0.717, 1.165) is 0 Å². The minimum Gasteiger partial charge on any atom is -0.482 e. The third-order valence-corrected chi connectivity index (χ3v) is 3.31. The van der Waals surface area contributed by atoms with Crippen molar-refractivity contribution in [2.75, 3.05) is 13.7 Å². The van der Waals surface area contributed by atoms with Crippen molar-refractivity contribution in [2.45, 2.75) is 26.4 Å². The number of ether oxygens (including phenoxy) is 1. The van der Waals surface area contributed by atoms with Gasteiger partial charge in [0.1, 0.15) is 5.75 Å². The van der Waals surface area contributed by atoms with Crippen molar-refractivity contribution in [1.29, 1.82) is 0 Å². The summed E-state index contributed by atoms with van der Waals surface area (Å²) >= 11 is 11.9. The van der Waals surface area contributed by atoms with Crippen LogP contribution in [-0.4, -0.2) is 30.5 Å². The quantitative estimate of drug-likeness (QED) is 0.910. The number of carbonyl (C=O) groups excluding carboxylic acids is 1. The number of benzene rings is 1. The Morgan fingerprint density at radius 2 is 2.05 bits per heavy atom. The summed E-state index contributed by atoms with van der Waals surface area (Å²) in [5.74, 6) is 0.295. The zero-order chi connectivity index (χ0) is 14.6. The molecule has 0 aliphatic rings. The first-order chi connectivity index (χ1) is 8.86. The highest BCUT2D eigenvalue weighted by molar-refractivity contribution is 6.35. The van der Waals surface area contributed by atoms with Gasteiger partial charge < -0.3 is 15.4 Å². The molecule has 2 N–H and O–H groups in total. The number of carbonyl (C=O) groups is 1. The molecule has 0 saturated heterocycles. The molecule has 0 heterocycles. The van der Waals surface area contributed by atoms with Gasteiger partial charge in [-0.1, -0.05) is 23.2 Å². The lowest BCUT2D eigenvalue weighted by atomic mass is 10.2. The molecular formula is C13H18Cl2N2O2. The lowest BCUT2D eigenvalue weighted by Gasteiger charge is -2.22. The second kappa shape index (κ2) is 6.98. The van der Waals surface area contributed by atoms with E-state index in [-0.39, 0.29) is 25.1 Å². The average molecular weight is 305 g/mol. The SMILES string of the molecule is CC(C)N(C)C(=O)COc1c(Cl)cc(Cl)cc1CN. The minimum atomic E-state index is -0.121. The molecule has 0 fully saturated rings. The summed E-state index contributed by atoms with van der Waals surface area (Å²) in [5, 5.41) is 0.844. The minimum absolute atomic E-state index is 0.0803. The van der Waals surface area contributed by atoms with Crippen LogP contribution in [0, 0.1) is 0 Å². The molecule has 0 atom stereocenters. The lowest BCUT2D eigenvalue weighted by Crippen LogP contribution is -2.36. The molecule has 0 aromatic heterocycles. The molecule has 0 aliphatic carbocycles. The number of nitrogens with two attached hydrogens (primary N) is 1. The van der Waals surface area contributed by atoms with Crippen LogP contribution in [0.5, 0.6) is 5.75 Å². The molecule has 0 saturated carbocycles. The Balaban J connectivity index is 2.81. The molecule has 1 aromatic rings. The summed E-state index contributed by atoms with van der Waals surface area (Å²) in [5.41, 5.74) is 6.29. The Hall–Kier alpha value is -0.970. The van der Waals surface area contributed by atoms with Gasteiger partial charge in [-0.25, -0.2) is 0 Å². The van der Waals surface area contributed by atoms with Crippen molar-refractivity contribution < 1.29 is 9.53 Å². The standard InChI is InChI=1S/C13H18Cl2N2O2/c1-8(2)17(3)12(18)7-19-13-9(6-16)4-10(14)5-11(13)15/h4-5,8H,6-7,16H2,1-3H3. The molecule has 19 heavy (non-hydrogen) atoms. The molecule has 6 heteroatoms. The smallest absolute Gasteiger partial charge is 0.260 e. The number of nitrogens with zero attached hydrogens (tertiary/aromatic N) is 1. The molecule has 0 unspecified atom stereocenters. The van der Waals surface area contributed by atoms with Gasteiger partial charge in [0.25, 0.3) is 5.91 Å². The van der Waals surface area contributed by atoms with E-state index in [1.807, 2.05) is 13.8 Å². The number of likely N-dealkylation sites (N-methyl/N-ethyl adjacent to an activating group) is 1. The van der Waals surface area contributed by atoms with Gasteiger partial charge in [-0.15, -0.1) is 0 Å². The number of amides is 1. The third kappa shape index (κ3) is 4.27. The molecule has 0 aliphatic heterocycles. The maximum Gasteiger partial charge on any atom is 0.260 e. The number of rotatable bonds is 5. The summed E-state index contributed by atoms with van der Waals surface area (Å²) in [4.78, 5) is 13.4. The maximum absolute atomic E-state index is 11.8. The van der Waals surface area contributed by atoms with Gasteiger partial charge in [-0.2, -0.15) is 0 Å². The first-order valence-corrected chi connectivity index (χ1v) is 6.68. The monoisotopic (exact) mass is 304 g/mol. The predicted octanol–water partition coefficient (Wildman–Crippen LogP) is 2.70. The van der Waals surface area contributed by atoms with E-state index in [2.05, 4.69) is 0 Å². The van der Waals surface area contributed by atoms with Crippen molar-refractivity contribution in [3.05, 3.63) is 27.7 Å². The topological polar surface area (TPSA) is 55.6 Å². The Bertz CT molecular complexity index is 464. The van der Waals surface area contributed by atoms with E-state index in [1.165, 1.54) is 0 Å². The van der Waals surface area contributed by atoms with Gasteiger partial charge in [-0.3, -0.25) is 4.79 Å². The normalized spacial score (nSPS) is 10.7. The van der Waals surface area contributed by atoms with Gasteiger partial charge >= 0.3 is 0 Å². The van der Waals surface area contributed by atoms with Crippen molar-refractivity contribution in [2.24, 2.45) is 5.73 Å². The van der Waals surface area contributed by atoms with Crippen molar-refractivity contribution in [3.63, 3.8) is 0 Å². The summed E-state index contributed by atoms with van der Waals surface area (Å²) < 4.78 is 5.49. The highest BCUT2D eigenvalue weighted by atomic mass is 35.5. The highest BCUT2D eigenvalue weighted by Crippen LogP contribution is 2.32. The van der Waals surface area contributed by atoms with Gasteiger partial charge in [-0.05, 0) is 26.0 Å². The Morgan fingerprint density at radius 1 is 1.42 bits per heavy atom. The highest BCUT2D eigenvalue weighted by Gasteiger charge is 2.15. The molecule has 1 amide bonds. The molecule has 1 aromatic carbocycles. The molecule has 0 spiro atoms. The fourth-order valence-corrected chi connectivity index (χ4v) is 2.04. The molecule has 1 rings (SSSR count). The van der Waals surface area contributed by atoms with Crippen molar-refractivity contribution >= 4 is 29.1 Å². The zero-order valence-electron chi connectivity index (χ0n) is 11.2. The van der Waals surface area contributed by atoms with Crippen molar-refractivity contribution in [1.82, 2.24) is 4.90 Å². The largest absolute Gasteiger partial charge is 0.482 e. The summed E-state index contributed by atoms with van der Waals surface area (Å²) in [7, 11) is 1.73. The summed E-state index contributed by atoms with van der Waals surface area (Å²) in [6, 6.07) is 3.36. The molecule has 4 nitrogen and oxygen atoms in total. The van der Waals surface area contributed by atoms with Crippen LogP contribution in [0.2, 0.25) is 10.0 Å². The van der Waals surface area contributed by atoms with Gasteiger partial charge in [0.05, 0.1) is 5.02 Å². The first-order valence-electron chi connectivity index (χ1n) is 5.93. The van der Waals surface area contributed by atoms with Gasteiger partial charge in [0.2, 0.25) is 0 Å². The van der Waals surface area contributed by atoms with E-state index in [4.69, 9.17) is 33.7 Å². The van der Waals surface area contributed by atoms with Crippen LogP contribution < -0.4 is 10.5 Å². The van der Waals surface area contributed by atoms with Crippen LogP contribution in [0.3, 0.4) is 0 Å². The van der Waals surface area contributed by atoms with Crippen LogP contribution in [-0.2, 0) is 11.3 Å². The third-order valence-electron chi connectivity index (χ3n) is 2.81. The fraction of sp³-hybridized carbons (Fsp3) is 0.462. The second-order valence-electron chi connectivity index (χ2n) is 4.47. The Labute approximate surface area is 123 Å². The second-order valence-corrected chi connectivity index (χ2v) is 5.31.